The summed E-state index contributed by atoms with van der Waals surface area (Å²) in [7, 11) is 0. The van der Waals surface area contributed by atoms with Crippen molar-refractivity contribution in [2.75, 3.05) is 18.0 Å². The summed E-state index contributed by atoms with van der Waals surface area (Å²) in [5.41, 5.74) is 0.487. The largest absolute Gasteiger partial charge is 0.481 e. The van der Waals surface area contributed by atoms with Crippen molar-refractivity contribution >= 4 is 23.5 Å². The van der Waals surface area contributed by atoms with Gasteiger partial charge in [0.1, 0.15) is 5.82 Å². The van der Waals surface area contributed by atoms with Gasteiger partial charge in [-0.3, -0.25) is 14.4 Å². The fraction of sp³-hybridized carbons (Fsp3) is 0.526. The van der Waals surface area contributed by atoms with E-state index in [1.165, 1.54) is 18.2 Å². The summed E-state index contributed by atoms with van der Waals surface area (Å²) in [6.45, 7) is 1.07. The second-order valence-corrected chi connectivity index (χ2v) is 6.89. The highest BCUT2D eigenvalue weighted by Crippen LogP contribution is 2.27. The zero-order valence-corrected chi connectivity index (χ0v) is 14.6. The molecule has 2 amide bonds. The van der Waals surface area contributed by atoms with E-state index in [-0.39, 0.29) is 23.9 Å². The molecule has 1 aromatic rings. The molecule has 1 N–H and O–H groups in total. The van der Waals surface area contributed by atoms with Crippen molar-refractivity contribution in [2.24, 2.45) is 0 Å². The Hall–Kier alpha value is -2.44. The van der Waals surface area contributed by atoms with Crippen molar-refractivity contribution in [1.29, 1.82) is 0 Å². The standard InChI is InChI=1S/C19H23FN2O4/c20-16-8-6-14(21-11-3-5-17(21)23)12-15(16)19(26)22-10-2-1-4-13(22)7-9-18(24)25/h6,8,12-13H,1-5,7,9-11H2,(H,24,25)/t13-/m1/s1. The van der Waals surface area contributed by atoms with Gasteiger partial charge in [0.05, 0.1) is 5.56 Å². The lowest BCUT2D eigenvalue weighted by Gasteiger charge is -2.36. The van der Waals surface area contributed by atoms with Gasteiger partial charge >= 0.3 is 5.97 Å². The van der Waals surface area contributed by atoms with E-state index >= 15 is 0 Å². The van der Waals surface area contributed by atoms with Crippen LogP contribution in [0.1, 0.15) is 55.3 Å². The van der Waals surface area contributed by atoms with Gasteiger partial charge < -0.3 is 14.9 Å². The molecule has 6 nitrogen and oxygen atoms in total. The maximum absolute atomic E-state index is 14.4. The molecule has 0 saturated carbocycles. The molecule has 140 valence electrons. The van der Waals surface area contributed by atoms with Crippen LogP contribution in [0, 0.1) is 5.82 Å². The van der Waals surface area contributed by atoms with Crippen molar-refractivity contribution < 1.29 is 23.9 Å². The van der Waals surface area contributed by atoms with Gasteiger partial charge in [0, 0.05) is 37.7 Å². The van der Waals surface area contributed by atoms with Gasteiger partial charge in [-0.25, -0.2) is 4.39 Å². The third kappa shape index (κ3) is 3.86. The predicted molar refractivity (Wildman–Crippen MR) is 93.5 cm³/mol. The van der Waals surface area contributed by atoms with E-state index in [9.17, 15) is 18.8 Å². The molecule has 0 aliphatic carbocycles. The fourth-order valence-electron chi connectivity index (χ4n) is 3.78. The number of anilines is 1. The minimum Gasteiger partial charge on any atom is -0.481 e. The second-order valence-electron chi connectivity index (χ2n) is 6.89. The van der Waals surface area contributed by atoms with Crippen molar-refractivity contribution in [3.8, 4) is 0 Å². The number of piperidine rings is 1. The third-order valence-electron chi connectivity index (χ3n) is 5.14. The zero-order chi connectivity index (χ0) is 18.7. The Morgan fingerprint density at radius 2 is 2.00 bits per heavy atom. The molecule has 2 aliphatic heterocycles. The molecule has 26 heavy (non-hydrogen) atoms. The molecule has 2 fully saturated rings. The number of hydrogen-bond acceptors (Lipinski definition) is 3. The zero-order valence-electron chi connectivity index (χ0n) is 14.6. The minimum absolute atomic E-state index is 0.0146. The summed E-state index contributed by atoms with van der Waals surface area (Å²) >= 11 is 0. The summed E-state index contributed by atoms with van der Waals surface area (Å²) in [5.74, 6) is -1.96. The van der Waals surface area contributed by atoms with E-state index < -0.39 is 17.7 Å². The van der Waals surface area contributed by atoms with Gasteiger partial charge in [-0.05, 0) is 50.3 Å². The van der Waals surface area contributed by atoms with E-state index in [2.05, 4.69) is 0 Å². The lowest BCUT2D eigenvalue weighted by atomic mass is 9.96. The van der Waals surface area contributed by atoms with Crippen molar-refractivity contribution in [2.45, 2.75) is 51.0 Å². The van der Waals surface area contributed by atoms with Gasteiger partial charge in [-0.2, -0.15) is 0 Å². The Bertz CT molecular complexity index is 721. The predicted octanol–water partition coefficient (Wildman–Crippen LogP) is 2.81. The lowest BCUT2D eigenvalue weighted by Crippen LogP contribution is -2.44. The van der Waals surface area contributed by atoms with E-state index in [4.69, 9.17) is 5.11 Å². The molecule has 0 spiro atoms. The average Bonchev–Trinajstić information content (AvgIpc) is 3.06. The number of amides is 2. The van der Waals surface area contributed by atoms with Crippen molar-refractivity contribution in [1.82, 2.24) is 4.90 Å². The first kappa shape index (κ1) is 18.4. The molecule has 2 saturated heterocycles. The van der Waals surface area contributed by atoms with E-state index in [0.29, 0.717) is 31.6 Å². The van der Waals surface area contributed by atoms with Crippen LogP contribution in [0.15, 0.2) is 18.2 Å². The van der Waals surface area contributed by atoms with E-state index in [1.54, 1.807) is 9.80 Å². The first-order valence-corrected chi connectivity index (χ1v) is 9.10. The lowest BCUT2D eigenvalue weighted by molar-refractivity contribution is -0.137. The molecule has 0 unspecified atom stereocenters. The van der Waals surface area contributed by atoms with E-state index in [0.717, 1.165) is 25.7 Å². The Labute approximate surface area is 151 Å². The van der Waals surface area contributed by atoms with Gasteiger partial charge in [-0.1, -0.05) is 0 Å². The molecule has 1 atom stereocenters. The maximum atomic E-state index is 14.4. The number of rotatable bonds is 5. The number of hydrogen-bond donors (Lipinski definition) is 1. The molecule has 3 rings (SSSR count). The van der Waals surface area contributed by atoms with Crippen LogP contribution in [-0.4, -0.2) is 46.9 Å². The highest BCUT2D eigenvalue weighted by atomic mass is 19.1. The Morgan fingerprint density at radius 1 is 1.19 bits per heavy atom. The SMILES string of the molecule is O=C(O)CC[C@H]1CCCCN1C(=O)c1cc(N2CCCC2=O)ccc1F. The Balaban J connectivity index is 1.83. The van der Waals surface area contributed by atoms with Gasteiger partial charge in [-0.15, -0.1) is 0 Å². The molecule has 0 bridgehead atoms. The highest BCUT2D eigenvalue weighted by Gasteiger charge is 2.30. The smallest absolute Gasteiger partial charge is 0.303 e. The summed E-state index contributed by atoms with van der Waals surface area (Å²) in [4.78, 5) is 38.9. The highest BCUT2D eigenvalue weighted by molar-refractivity contribution is 5.99. The summed E-state index contributed by atoms with van der Waals surface area (Å²) in [5, 5.41) is 8.91. The van der Waals surface area contributed by atoms with Gasteiger partial charge in [0.25, 0.3) is 5.91 Å². The molecule has 2 aliphatic rings. The fourth-order valence-corrected chi connectivity index (χ4v) is 3.78. The minimum atomic E-state index is -0.899. The number of halogens is 1. The van der Waals surface area contributed by atoms with E-state index in [1.807, 2.05) is 0 Å². The van der Waals surface area contributed by atoms with Crippen LogP contribution < -0.4 is 4.90 Å². The topological polar surface area (TPSA) is 77.9 Å². The quantitative estimate of drug-likeness (QED) is 0.874. The number of likely N-dealkylation sites (tertiary alicyclic amines) is 1. The van der Waals surface area contributed by atoms with Crippen LogP contribution in [0.4, 0.5) is 10.1 Å². The molecule has 1 aromatic carbocycles. The van der Waals surface area contributed by atoms with Crippen LogP contribution in [0.3, 0.4) is 0 Å². The van der Waals surface area contributed by atoms with Crippen LogP contribution in [-0.2, 0) is 9.59 Å². The van der Waals surface area contributed by atoms with Crippen LogP contribution >= 0.6 is 0 Å². The van der Waals surface area contributed by atoms with Crippen LogP contribution in [0.25, 0.3) is 0 Å². The Kier molecular flexibility index (Phi) is 5.54. The van der Waals surface area contributed by atoms with Crippen molar-refractivity contribution in [3.63, 3.8) is 0 Å². The monoisotopic (exact) mass is 362 g/mol. The van der Waals surface area contributed by atoms with Crippen LogP contribution in [0.2, 0.25) is 0 Å². The maximum Gasteiger partial charge on any atom is 0.303 e. The normalized spacial score (nSPS) is 20.5. The number of carboxylic acids is 1. The number of nitrogens with zero attached hydrogens (tertiary/aromatic N) is 2. The number of carbonyl (C=O) groups excluding carboxylic acids is 2. The summed E-state index contributed by atoms with van der Waals surface area (Å²) < 4.78 is 14.4. The first-order chi connectivity index (χ1) is 12.5. The molecule has 2 heterocycles. The number of benzene rings is 1. The summed E-state index contributed by atoms with van der Waals surface area (Å²) in [6, 6.07) is 4.01. The van der Waals surface area contributed by atoms with Gasteiger partial charge in [0.15, 0.2) is 0 Å². The molecular weight excluding hydrogens is 339 g/mol. The number of carbonyl (C=O) groups is 3. The summed E-state index contributed by atoms with van der Waals surface area (Å²) in [6.07, 6.45) is 4.05. The van der Waals surface area contributed by atoms with Crippen molar-refractivity contribution in [3.05, 3.63) is 29.6 Å². The Morgan fingerprint density at radius 3 is 2.69 bits per heavy atom. The van der Waals surface area contributed by atoms with Gasteiger partial charge in [0.2, 0.25) is 5.91 Å². The van der Waals surface area contributed by atoms with Crippen LogP contribution in [0.5, 0.6) is 0 Å². The molecular formula is C19H23FN2O4. The molecule has 0 radical (unpaired) electrons. The first-order valence-electron chi connectivity index (χ1n) is 9.10. The average molecular weight is 362 g/mol. The molecule has 0 aromatic heterocycles. The molecule has 7 heteroatoms. The number of aliphatic carboxylic acids is 1. The number of carboxylic acid groups (broad SMARTS) is 1. The second kappa shape index (κ2) is 7.85. The third-order valence-corrected chi connectivity index (χ3v) is 5.14.